The smallest absolute Gasteiger partial charge is 0.0448 e. The summed E-state index contributed by atoms with van der Waals surface area (Å²) in [6.07, 6.45) is 13.6. The van der Waals surface area contributed by atoms with Crippen LogP contribution < -0.4 is 5.73 Å². The summed E-state index contributed by atoms with van der Waals surface area (Å²) in [5.74, 6) is 0.296. The monoisotopic (exact) mass is 399 g/mol. The van der Waals surface area contributed by atoms with Crippen LogP contribution in [0, 0.1) is 5.92 Å². The molecule has 0 heterocycles. The number of halogens is 1. The average Bonchev–Trinajstić information content (AvgIpc) is 2.64. The lowest BCUT2D eigenvalue weighted by Gasteiger charge is -2.37. The summed E-state index contributed by atoms with van der Waals surface area (Å²) < 4.78 is 0. The third-order valence-corrected chi connectivity index (χ3v) is 5.70. The lowest BCUT2D eigenvalue weighted by atomic mass is 9.74. The molecule has 0 saturated carbocycles. The zero-order valence-electron chi connectivity index (χ0n) is 17.2. The molecule has 1 aromatic rings. The fraction of sp³-hybridized carbons (Fsp3) is 0.739. The van der Waals surface area contributed by atoms with E-state index in [9.17, 15) is 10.2 Å². The van der Waals surface area contributed by atoms with Gasteiger partial charge in [0, 0.05) is 18.8 Å². The van der Waals surface area contributed by atoms with Gasteiger partial charge in [-0.25, -0.2) is 0 Å². The highest BCUT2D eigenvalue weighted by molar-refractivity contribution is 5.85. The van der Waals surface area contributed by atoms with Gasteiger partial charge in [0.25, 0.3) is 0 Å². The van der Waals surface area contributed by atoms with E-state index in [2.05, 4.69) is 31.2 Å². The molecule has 0 spiro atoms. The summed E-state index contributed by atoms with van der Waals surface area (Å²) in [5.41, 5.74) is 7.50. The second kappa shape index (κ2) is 16.4. The first-order valence-electron chi connectivity index (χ1n) is 10.7. The Hall–Kier alpha value is -0.610. The quantitative estimate of drug-likeness (QED) is 0.332. The van der Waals surface area contributed by atoms with E-state index in [1.54, 1.807) is 0 Å². The molecule has 4 heteroatoms. The second-order valence-corrected chi connectivity index (χ2v) is 7.83. The van der Waals surface area contributed by atoms with E-state index in [1.807, 2.05) is 6.07 Å². The minimum atomic E-state index is -0.486. The van der Waals surface area contributed by atoms with Crippen LogP contribution in [0.4, 0.5) is 0 Å². The van der Waals surface area contributed by atoms with E-state index < -0.39 is 5.54 Å². The highest BCUT2D eigenvalue weighted by Crippen LogP contribution is 2.31. The molecule has 1 unspecified atom stereocenters. The summed E-state index contributed by atoms with van der Waals surface area (Å²) in [5, 5.41) is 19.0. The van der Waals surface area contributed by atoms with Gasteiger partial charge in [-0.15, -0.1) is 12.4 Å². The Morgan fingerprint density at radius 2 is 1.37 bits per heavy atom. The standard InChI is InChI=1S/C23H41NO2.ClH/c1-2-3-4-5-6-7-8-12-15-22(20-21-13-10-9-11-14-21)23(24,16-18-25)17-19-26;/h9-11,13-14,22,25-26H,2-8,12,15-20,24H2,1H3;1H. The molecule has 0 amide bonds. The summed E-state index contributed by atoms with van der Waals surface area (Å²) in [4.78, 5) is 0. The molecule has 1 rings (SSSR count). The molecule has 3 nitrogen and oxygen atoms in total. The molecule has 0 aromatic heterocycles. The van der Waals surface area contributed by atoms with E-state index >= 15 is 0 Å². The van der Waals surface area contributed by atoms with Crippen molar-refractivity contribution in [1.29, 1.82) is 0 Å². The van der Waals surface area contributed by atoms with Gasteiger partial charge in [0.2, 0.25) is 0 Å². The molecular formula is C23H42ClNO2. The number of unbranched alkanes of at least 4 members (excludes halogenated alkanes) is 7. The number of aliphatic hydroxyl groups excluding tert-OH is 2. The molecule has 0 fully saturated rings. The van der Waals surface area contributed by atoms with Crippen molar-refractivity contribution >= 4 is 12.4 Å². The normalized spacial score (nSPS) is 12.6. The largest absolute Gasteiger partial charge is 0.396 e. The Morgan fingerprint density at radius 3 is 1.89 bits per heavy atom. The number of hydrogen-bond acceptors (Lipinski definition) is 3. The van der Waals surface area contributed by atoms with Crippen LogP contribution in [0.25, 0.3) is 0 Å². The topological polar surface area (TPSA) is 66.5 Å². The summed E-state index contributed by atoms with van der Waals surface area (Å²) in [6, 6.07) is 10.5. The van der Waals surface area contributed by atoms with Crippen molar-refractivity contribution in [2.75, 3.05) is 13.2 Å². The van der Waals surface area contributed by atoms with Gasteiger partial charge >= 0.3 is 0 Å². The molecule has 27 heavy (non-hydrogen) atoms. The van der Waals surface area contributed by atoms with Gasteiger partial charge in [-0.1, -0.05) is 88.6 Å². The van der Waals surface area contributed by atoms with Crippen molar-refractivity contribution in [3.05, 3.63) is 35.9 Å². The molecule has 158 valence electrons. The zero-order valence-corrected chi connectivity index (χ0v) is 18.1. The van der Waals surface area contributed by atoms with Gasteiger partial charge in [0.05, 0.1) is 0 Å². The molecule has 4 N–H and O–H groups in total. The van der Waals surface area contributed by atoms with E-state index in [1.165, 1.54) is 56.9 Å². The lowest BCUT2D eigenvalue weighted by molar-refractivity contribution is 0.137. The Labute approximate surface area is 173 Å². The Morgan fingerprint density at radius 1 is 0.852 bits per heavy atom. The van der Waals surface area contributed by atoms with E-state index in [-0.39, 0.29) is 25.6 Å². The molecule has 0 radical (unpaired) electrons. The molecular weight excluding hydrogens is 358 g/mol. The van der Waals surface area contributed by atoms with E-state index in [0.717, 1.165) is 12.8 Å². The fourth-order valence-electron chi connectivity index (χ4n) is 3.97. The average molecular weight is 400 g/mol. The van der Waals surface area contributed by atoms with Gasteiger partial charge < -0.3 is 15.9 Å². The van der Waals surface area contributed by atoms with Crippen LogP contribution in [-0.2, 0) is 6.42 Å². The number of hydrogen-bond donors (Lipinski definition) is 3. The number of aliphatic hydroxyl groups is 2. The summed E-state index contributed by atoms with van der Waals surface area (Å²) >= 11 is 0. The Balaban J connectivity index is 0.00000676. The Kier molecular flexibility index (Phi) is 16.0. The van der Waals surface area contributed by atoms with Crippen LogP contribution in [0.1, 0.15) is 83.1 Å². The minimum Gasteiger partial charge on any atom is -0.396 e. The Bertz CT molecular complexity index is 435. The van der Waals surface area contributed by atoms with Gasteiger partial charge in [-0.05, 0) is 37.2 Å². The molecule has 1 atom stereocenters. The van der Waals surface area contributed by atoms with Crippen molar-refractivity contribution in [3.8, 4) is 0 Å². The maximum atomic E-state index is 9.49. The highest BCUT2D eigenvalue weighted by Gasteiger charge is 2.33. The SMILES string of the molecule is CCCCCCCCCCC(Cc1ccccc1)C(N)(CCO)CCO.Cl. The predicted molar refractivity (Wildman–Crippen MR) is 118 cm³/mol. The van der Waals surface area contributed by atoms with Gasteiger partial charge in [-0.2, -0.15) is 0 Å². The van der Waals surface area contributed by atoms with E-state index in [4.69, 9.17) is 5.73 Å². The number of nitrogens with two attached hydrogens (primary N) is 1. The molecule has 1 aromatic carbocycles. The van der Waals surface area contributed by atoms with E-state index in [0.29, 0.717) is 18.8 Å². The maximum Gasteiger partial charge on any atom is 0.0448 e. The lowest BCUT2D eigenvalue weighted by Crippen LogP contribution is -2.49. The first-order valence-corrected chi connectivity index (χ1v) is 10.7. The van der Waals surface area contributed by atoms with Gasteiger partial charge in [0.15, 0.2) is 0 Å². The second-order valence-electron chi connectivity index (χ2n) is 7.83. The van der Waals surface area contributed by atoms with Crippen molar-refractivity contribution in [1.82, 2.24) is 0 Å². The van der Waals surface area contributed by atoms with Gasteiger partial charge in [-0.3, -0.25) is 0 Å². The molecule has 0 saturated heterocycles. The molecule has 0 bridgehead atoms. The van der Waals surface area contributed by atoms with Crippen LogP contribution in [0.3, 0.4) is 0 Å². The van der Waals surface area contributed by atoms with Crippen molar-refractivity contribution in [2.45, 2.75) is 89.5 Å². The third kappa shape index (κ3) is 11.1. The fourth-order valence-corrected chi connectivity index (χ4v) is 3.97. The number of benzene rings is 1. The predicted octanol–water partition coefficient (Wildman–Crippen LogP) is 5.26. The maximum absolute atomic E-state index is 9.49. The zero-order chi connectivity index (χ0) is 19.1. The molecule has 0 aliphatic rings. The summed E-state index contributed by atoms with van der Waals surface area (Å²) in [7, 11) is 0. The highest BCUT2D eigenvalue weighted by atomic mass is 35.5. The van der Waals surface area contributed by atoms with Crippen molar-refractivity contribution in [2.24, 2.45) is 11.7 Å². The van der Waals surface area contributed by atoms with Gasteiger partial charge in [0.1, 0.15) is 0 Å². The van der Waals surface area contributed by atoms with Crippen LogP contribution >= 0.6 is 12.4 Å². The van der Waals surface area contributed by atoms with Crippen LogP contribution in [0.5, 0.6) is 0 Å². The van der Waals surface area contributed by atoms with Crippen LogP contribution in [0.2, 0.25) is 0 Å². The molecule has 0 aliphatic heterocycles. The van der Waals surface area contributed by atoms with Crippen LogP contribution in [0.15, 0.2) is 30.3 Å². The first-order chi connectivity index (χ1) is 12.7. The van der Waals surface area contributed by atoms with Crippen molar-refractivity contribution in [3.63, 3.8) is 0 Å². The molecule has 0 aliphatic carbocycles. The third-order valence-electron chi connectivity index (χ3n) is 5.70. The summed E-state index contributed by atoms with van der Waals surface area (Å²) in [6.45, 7) is 2.42. The van der Waals surface area contributed by atoms with Crippen LogP contribution in [-0.4, -0.2) is 29.0 Å². The number of rotatable bonds is 16. The first kappa shape index (κ1) is 26.4. The van der Waals surface area contributed by atoms with Crippen molar-refractivity contribution < 1.29 is 10.2 Å². The minimum absolute atomic E-state index is 0.